The van der Waals surface area contributed by atoms with Gasteiger partial charge in [0.15, 0.2) is 0 Å². The van der Waals surface area contributed by atoms with Crippen molar-refractivity contribution in [2.45, 2.75) is 38.9 Å². The fraction of sp³-hybridized carbons (Fsp3) is 0.474. The molecular weight excluding hydrogens is 328 g/mol. The Morgan fingerprint density at radius 2 is 2.31 bits per heavy atom. The lowest BCUT2D eigenvalue weighted by Gasteiger charge is -2.33. The van der Waals surface area contributed by atoms with E-state index in [9.17, 15) is 0 Å². The first-order chi connectivity index (χ1) is 12.6. The lowest BCUT2D eigenvalue weighted by atomic mass is 9.92. The molecule has 0 saturated carbocycles. The highest BCUT2D eigenvalue weighted by Crippen LogP contribution is 2.32. The first-order valence-electron chi connectivity index (χ1n) is 9.22. The highest BCUT2D eigenvalue weighted by Gasteiger charge is 2.30. The molecule has 2 unspecified atom stereocenters. The van der Waals surface area contributed by atoms with Crippen LogP contribution < -0.4 is 11.2 Å². The van der Waals surface area contributed by atoms with E-state index in [4.69, 9.17) is 15.1 Å². The molecular formula is C19H26N6O. The van der Waals surface area contributed by atoms with Crippen LogP contribution in [0.4, 0.5) is 0 Å². The minimum Gasteiger partial charge on any atom is -0.469 e. The molecule has 0 radical (unpaired) electrons. The van der Waals surface area contributed by atoms with Crippen molar-refractivity contribution < 1.29 is 4.42 Å². The normalized spacial score (nSPS) is 23.2. The first kappa shape index (κ1) is 17.1. The molecule has 2 aromatic rings. The zero-order chi connectivity index (χ0) is 18.1. The Morgan fingerprint density at radius 3 is 3.04 bits per heavy atom. The molecule has 0 aromatic carbocycles. The van der Waals surface area contributed by atoms with Crippen LogP contribution in [0.2, 0.25) is 0 Å². The lowest BCUT2D eigenvalue weighted by Crippen LogP contribution is -2.44. The Bertz CT molecular complexity index is 787. The van der Waals surface area contributed by atoms with Gasteiger partial charge in [-0.05, 0) is 43.5 Å². The van der Waals surface area contributed by atoms with Crippen LogP contribution in [-0.4, -0.2) is 46.7 Å². The zero-order valence-corrected chi connectivity index (χ0v) is 15.4. The third-order valence-corrected chi connectivity index (χ3v) is 5.09. The zero-order valence-electron chi connectivity index (χ0n) is 15.4. The molecule has 0 fully saturated rings. The van der Waals surface area contributed by atoms with Gasteiger partial charge in [-0.1, -0.05) is 6.07 Å². The summed E-state index contributed by atoms with van der Waals surface area (Å²) in [7, 11) is 0. The molecule has 3 N–H and O–H groups in total. The SMILES string of the molecule is CCN1NC(CCN2Cc3cc(C)cnc3C(c3ccco3)C2)N=C1N. The number of fused-ring (bicyclic) bond motifs is 1. The molecule has 2 atom stereocenters. The molecule has 0 spiro atoms. The first-order valence-corrected chi connectivity index (χ1v) is 9.22. The van der Waals surface area contributed by atoms with Crippen molar-refractivity contribution in [1.82, 2.24) is 20.3 Å². The molecule has 7 nitrogen and oxygen atoms in total. The van der Waals surface area contributed by atoms with Crippen molar-refractivity contribution in [1.29, 1.82) is 0 Å². The Balaban J connectivity index is 1.48. The molecule has 138 valence electrons. The van der Waals surface area contributed by atoms with Crippen molar-refractivity contribution in [3.63, 3.8) is 0 Å². The number of rotatable bonds is 5. The highest BCUT2D eigenvalue weighted by atomic mass is 16.3. The molecule has 0 bridgehead atoms. The molecule has 2 aliphatic heterocycles. The predicted octanol–water partition coefficient (Wildman–Crippen LogP) is 1.80. The van der Waals surface area contributed by atoms with Gasteiger partial charge in [-0.3, -0.25) is 14.9 Å². The summed E-state index contributed by atoms with van der Waals surface area (Å²) in [6, 6.07) is 6.23. The number of hydrazine groups is 1. The van der Waals surface area contributed by atoms with Crippen molar-refractivity contribution in [2.75, 3.05) is 19.6 Å². The van der Waals surface area contributed by atoms with Crippen LogP contribution in [-0.2, 0) is 6.54 Å². The predicted molar refractivity (Wildman–Crippen MR) is 100 cm³/mol. The van der Waals surface area contributed by atoms with Crippen LogP contribution in [0.15, 0.2) is 40.1 Å². The summed E-state index contributed by atoms with van der Waals surface area (Å²) in [6.07, 6.45) is 4.65. The molecule has 2 aliphatic rings. The summed E-state index contributed by atoms with van der Waals surface area (Å²) in [5.74, 6) is 1.73. The van der Waals surface area contributed by atoms with Crippen LogP contribution in [0.1, 0.15) is 41.8 Å². The molecule has 2 aromatic heterocycles. The van der Waals surface area contributed by atoms with Gasteiger partial charge in [0.2, 0.25) is 5.96 Å². The molecule has 26 heavy (non-hydrogen) atoms. The summed E-state index contributed by atoms with van der Waals surface area (Å²) in [6.45, 7) is 7.71. The van der Waals surface area contributed by atoms with Gasteiger partial charge < -0.3 is 10.2 Å². The minimum absolute atomic E-state index is 0.0500. The molecule has 4 rings (SSSR count). The second-order valence-corrected chi connectivity index (χ2v) is 7.03. The third kappa shape index (κ3) is 3.32. The number of furan rings is 1. The van der Waals surface area contributed by atoms with E-state index in [1.165, 1.54) is 11.1 Å². The second-order valence-electron chi connectivity index (χ2n) is 7.03. The average molecular weight is 354 g/mol. The van der Waals surface area contributed by atoms with Gasteiger partial charge in [-0.15, -0.1) is 0 Å². The maximum atomic E-state index is 5.93. The van der Waals surface area contributed by atoms with Crippen LogP contribution >= 0.6 is 0 Å². The van der Waals surface area contributed by atoms with Crippen LogP contribution in [0.3, 0.4) is 0 Å². The van der Waals surface area contributed by atoms with Crippen molar-refractivity contribution in [3.8, 4) is 0 Å². The Morgan fingerprint density at radius 1 is 1.42 bits per heavy atom. The van der Waals surface area contributed by atoms with Gasteiger partial charge in [0, 0.05) is 32.4 Å². The standard InChI is InChI=1S/C19H26N6O/c1-3-25-19(20)22-17(23-25)6-7-24-11-14-9-13(2)10-21-18(14)15(12-24)16-5-4-8-26-16/h4-5,8-10,15,17,23H,3,6-7,11-12H2,1-2H3,(H2,20,22). The maximum absolute atomic E-state index is 5.93. The average Bonchev–Trinajstić information content (AvgIpc) is 3.28. The topological polar surface area (TPSA) is 82.9 Å². The Labute approximate surface area is 153 Å². The van der Waals surface area contributed by atoms with E-state index in [0.29, 0.717) is 5.96 Å². The smallest absolute Gasteiger partial charge is 0.207 e. The fourth-order valence-electron chi connectivity index (χ4n) is 3.81. The van der Waals surface area contributed by atoms with E-state index in [1.807, 2.05) is 23.3 Å². The highest BCUT2D eigenvalue weighted by molar-refractivity contribution is 5.79. The molecule has 0 saturated heterocycles. The van der Waals surface area contributed by atoms with E-state index in [0.717, 1.165) is 44.1 Å². The molecule has 7 heteroatoms. The van der Waals surface area contributed by atoms with Crippen molar-refractivity contribution in [3.05, 3.63) is 53.2 Å². The summed E-state index contributed by atoms with van der Waals surface area (Å²) < 4.78 is 5.70. The number of pyridine rings is 1. The number of hydrogen-bond donors (Lipinski definition) is 2. The largest absolute Gasteiger partial charge is 0.469 e. The van der Waals surface area contributed by atoms with Gasteiger partial charge in [0.05, 0.1) is 17.9 Å². The third-order valence-electron chi connectivity index (χ3n) is 5.09. The van der Waals surface area contributed by atoms with Crippen LogP contribution in [0.5, 0.6) is 0 Å². The van der Waals surface area contributed by atoms with E-state index >= 15 is 0 Å². The Hall–Kier alpha value is -2.38. The van der Waals surface area contributed by atoms with E-state index in [1.54, 1.807) is 6.26 Å². The van der Waals surface area contributed by atoms with E-state index < -0.39 is 0 Å². The van der Waals surface area contributed by atoms with Gasteiger partial charge >= 0.3 is 0 Å². The summed E-state index contributed by atoms with van der Waals surface area (Å²) >= 11 is 0. The summed E-state index contributed by atoms with van der Waals surface area (Å²) in [5.41, 5.74) is 12.9. The number of guanidine groups is 1. The van der Waals surface area contributed by atoms with Gasteiger partial charge in [-0.2, -0.15) is 0 Å². The molecule has 0 amide bonds. The minimum atomic E-state index is 0.0500. The number of nitrogens with one attached hydrogen (secondary N) is 1. The fourth-order valence-corrected chi connectivity index (χ4v) is 3.81. The van der Waals surface area contributed by atoms with E-state index in [-0.39, 0.29) is 12.1 Å². The molecule has 0 aliphatic carbocycles. The number of nitrogens with two attached hydrogens (primary N) is 1. The quantitative estimate of drug-likeness (QED) is 0.852. The second kappa shape index (κ2) is 7.09. The maximum Gasteiger partial charge on any atom is 0.207 e. The van der Waals surface area contributed by atoms with Crippen LogP contribution in [0.25, 0.3) is 0 Å². The number of nitrogens with zero attached hydrogens (tertiary/aromatic N) is 4. The van der Waals surface area contributed by atoms with Gasteiger partial charge in [0.25, 0.3) is 0 Å². The number of hydrogen-bond acceptors (Lipinski definition) is 7. The number of aryl methyl sites for hydroxylation is 1. The monoisotopic (exact) mass is 354 g/mol. The van der Waals surface area contributed by atoms with Gasteiger partial charge in [0.1, 0.15) is 11.9 Å². The summed E-state index contributed by atoms with van der Waals surface area (Å²) in [5, 5.41) is 1.90. The van der Waals surface area contributed by atoms with Crippen molar-refractivity contribution >= 4 is 5.96 Å². The Kier molecular flexibility index (Phi) is 4.65. The lowest BCUT2D eigenvalue weighted by molar-refractivity contribution is 0.206. The van der Waals surface area contributed by atoms with Crippen LogP contribution in [0, 0.1) is 6.92 Å². The number of aliphatic imine (C=N–C) groups is 1. The summed E-state index contributed by atoms with van der Waals surface area (Å²) in [4.78, 5) is 11.7. The van der Waals surface area contributed by atoms with Crippen molar-refractivity contribution in [2.24, 2.45) is 10.7 Å². The molecule has 4 heterocycles. The van der Waals surface area contributed by atoms with Gasteiger partial charge in [-0.25, -0.2) is 10.4 Å². The van der Waals surface area contributed by atoms with E-state index in [2.05, 4.69) is 35.2 Å². The number of aromatic nitrogens is 1.